The number of fused-ring (bicyclic) bond motifs is 1. The van der Waals surface area contributed by atoms with Gasteiger partial charge in [0, 0.05) is 11.6 Å². The van der Waals surface area contributed by atoms with Crippen molar-refractivity contribution < 1.29 is 9.53 Å². The van der Waals surface area contributed by atoms with Gasteiger partial charge in [0.05, 0.1) is 18.2 Å². The molecule has 2 aromatic rings. The molecule has 3 heteroatoms. The van der Waals surface area contributed by atoms with E-state index in [4.69, 9.17) is 4.74 Å². The molecule has 0 aliphatic carbocycles. The Kier molecular flexibility index (Phi) is 2.86. The number of rotatable bonds is 2. The summed E-state index contributed by atoms with van der Waals surface area (Å²) >= 11 is 0. The highest BCUT2D eigenvalue weighted by molar-refractivity contribution is 6.03. The molecule has 0 amide bonds. The molecule has 82 valence electrons. The van der Waals surface area contributed by atoms with E-state index >= 15 is 0 Å². The van der Waals surface area contributed by atoms with Gasteiger partial charge in [0.1, 0.15) is 0 Å². The second-order valence-electron chi connectivity index (χ2n) is 3.56. The van der Waals surface area contributed by atoms with E-state index in [1.807, 2.05) is 18.2 Å². The highest BCUT2D eigenvalue weighted by atomic mass is 16.5. The van der Waals surface area contributed by atoms with Crippen LogP contribution in [0.4, 0.5) is 0 Å². The monoisotopic (exact) mass is 215 g/mol. The Bertz CT molecular complexity index is 534. The number of ether oxygens (including phenoxy) is 1. The summed E-state index contributed by atoms with van der Waals surface area (Å²) in [5.74, 6) is -0.319. The molecule has 0 aliphatic heterocycles. The first-order valence-electron chi connectivity index (χ1n) is 5.22. The van der Waals surface area contributed by atoms with Gasteiger partial charge in [-0.2, -0.15) is 0 Å². The summed E-state index contributed by atoms with van der Waals surface area (Å²) in [7, 11) is 1.39. The number of pyridine rings is 1. The largest absolute Gasteiger partial charge is 0.465 e. The van der Waals surface area contributed by atoms with Gasteiger partial charge in [-0.15, -0.1) is 0 Å². The number of hydrogen-bond donors (Lipinski definition) is 0. The fourth-order valence-corrected chi connectivity index (χ4v) is 1.70. The number of methoxy groups -OCH3 is 1. The molecule has 0 atom stereocenters. The van der Waals surface area contributed by atoms with E-state index in [-0.39, 0.29) is 5.97 Å². The molecule has 0 unspecified atom stereocenters. The van der Waals surface area contributed by atoms with Crippen molar-refractivity contribution in [2.75, 3.05) is 7.11 Å². The smallest absolute Gasteiger partial charge is 0.338 e. The summed E-state index contributed by atoms with van der Waals surface area (Å²) in [5.41, 5.74) is 2.58. The topological polar surface area (TPSA) is 39.2 Å². The predicted octanol–water partition coefficient (Wildman–Crippen LogP) is 2.58. The molecule has 16 heavy (non-hydrogen) atoms. The maximum Gasteiger partial charge on any atom is 0.338 e. The van der Waals surface area contributed by atoms with Gasteiger partial charge in [0.25, 0.3) is 0 Å². The minimum atomic E-state index is -0.319. The van der Waals surface area contributed by atoms with Gasteiger partial charge in [-0.05, 0) is 30.2 Å². The predicted molar refractivity (Wildman–Crippen MR) is 62.5 cm³/mol. The van der Waals surface area contributed by atoms with Crippen LogP contribution in [0.15, 0.2) is 30.5 Å². The molecule has 0 saturated heterocycles. The number of benzene rings is 1. The SMILES string of the molecule is CCc1ccc2nccc(C(=O)OC)c2c1. The quantitative estimate of drug-likeness (QED) is 0.723. The second kappa shape index (κ2) is 4.31. The van der Waals surface area contributed by atoms with Crippen molar-refractivity contribution in [3.8, 4) is 0 Å². The average Bonchev–Trinajstić information content (AvgIpc) is 2.36. The van der Waals surface area contributed by atoms with E-state index in [0.29, 0.717) is 5.56 Å². The lowest BCUT2D eigenvalue weighted by Crippen LogP contribution is -2.02. The van der Waals surface area contributed by atoms with Crippen LogP contribution in [0.5, 0.6) is 0 Å². The van der Waals surface area contributed by atoms with E-state index in [0.717, 1.165) is 17.3 Å². The third kappa shape index (κ3) is 1.76. The minimum absolute atomic E-state index is 0.319. The van der Waals surface area contributed by atoms with Crippen molar-refractivity contribution >= 4 is 16.9 Å². The molecule has 0 spiro atoms. The molecular weight excluding hydrogens is 202 g/mol. The van der Waals surface area contributed by atoms with Crippen molar-refractivity contribution in [3.63, 3.8) is 0 Å². The summed E-state index contributed by atoms with van der Waals surface area (Å²) in [5, 5.41) is 0.855. The number of aryl methyl sites for hydroxylation is 1. The number of esters is 1. The summed E-state index contributed by atoms with van der Waals surface area (Å²) in [6, 6.07) is 7.64. The molecule has 0 fully saturated rings. The van der Waals surface area contributed by atoms with Crippen molar-refractivity contribution in [2.24, 2.45) is 0 Å². The van der Waals surface area contributed by atoms with Crippen molar-refractivity contribution in [2.45, 2.75) is 13.3 Å². The molecule has 0 aliphatic rings. The molecule has 3 nitrogen and oxygen atoms in total. The van der Waals surface area contributed by atoms with Crippen LogP contribution in [0.3, 0.4) is 0 Å². The van der Waals surface area contributed by atoms with Gasteiger partial charge in [0.2, 0.25) is 0 Å². The fraction of sp³-hybridized carbons (Fsp3) is 0.231. The van der Waals surface area contributed by atoms with Gasteiger partial charge in [-0.25, -0.2) is 4.79 Å². The second-order valence-corrected chi connectivity index (χ2v) is 3.56. The zero-order valence-electron chi connectivity index (χ0n) is 9.36. The maximum atomic E-state index is 11.6. The minimum Gasteiger partial charge on any atom is -0.465 e. The first kappa shape index (κ1) is 10.6. The lowest BCUT2D eigenvalue weighted by Gasteiger charge is -2.05. The van der Waals surface area contributed by atoms with E-state index in [2.05, 4.69) is 11.9 Å². The molecule has 0 bridgehead atoms. The summed E-state index contributed by atoms with van der Waals surface area (Å²) < 4.78 is 4.75. The number of aromatic nitrogens is 1. The van der Waals surface area contributed by atoms with E-state index in [1.54, 1.807) is 12.3 Å². The van der Waals surface area contributed by atoms with Crippen molar-refractivity contribution in [3.05, 3.63) is 41.6 Å². The molecular formula is C13H13NO2. The summed E-state index contributed by atoms with van der Waals surface area (Å²) in [4.78, 5) is 15.8. The molecule has 0 N–H and O–H groups in total. The van der Waals surface area contributed by atoms with Crippen molar-refractivity contribution in [1.82, 2.24) is 4.98 Å². The van der Waals surface area contributed by atoms with E-state index in [1.165, 1.54) is 12.7 Å². The lowest BCUT2D eigenvalue weighted by atomic mass is 10.0. The van der Waals surface area contributed by atoms with E-state index < -0.39 is 0 Å². The van der Waals surface area contributed by atoms with Crippen LogP contribution in [0.1, 0.15) is 22.8 Å². The first-order chi connectivity index (χ1) is 7.76. The summed E-state index contributed by atoms with van der Waals surface area (Å²) in [6.45, 7) is 2.08. The molecule has 1 aromatic carbocycles. The van der Waals surface area contributed by atoms with Crippen LogP contribution in [-0.2, 0) is 11.2 Å². The molecule has 1 aromatic heterocycles. The number of carbonyl (C=O) groups excluding carboxylic acids is 1. The fourth-order valence-electron chi connectivity index (χ4n) is 1.70. The molecule has 1 heterocycles. The number of nitrogens with zero attached hydrogens (tertiary/aromatic N) is 1. The van der Waals surface area contributed by atoms with Crippen LogP contribution >= 0.6 is 0 Å². The third-order valence-electron chi connectivity index (χ3n) is 2.62. The van der Waals surface area contributed by atoms with E-state index in [9.17, 15) is 4.79 Å². The van der Waals surface area contributed by atoms with Gasteiger partial charge in [-0.3, -0.25) is 4.98 Å². The zero-order valence-corrected chi connectivity index (χ0v) is 9.36. The Labute approximate surface area is 94.1 Å². The van der Waals surface area contributed by atoms with Crippen LogP contribution in [0.2, 0.25) is 0 Å². The van der Waals surface area contributed by atoms with Gasteiger partial charge in [0.15, 0.2) is 0 Å². The Morgan fingerprint density at radius 3 is 2.88 bits per heavy atom. The molecule has 2 rings (SSSR count). The third-order valence-corrected chi connectivity index (χ3v) is 2.62. The average molecular weight is 215 g/mol. The molecule has 0 saturated carbocycles. The van der Waals surface area contributed by atoms with Gasteiger partial charge < -0.3 is 4.74 Å². The first-order valence-corrected chi connectivity index (χ1v) is 5.22. The van der Waals surface area contributed by atoms with Gasteiger partial charge in [-0.1, -0.05) is 13.0 Å². The van der Waals surface area contributed by atoms with Crippen LogP contribution < -0.4 is 0 Å². The highest BCUT2D eigenvalue weighted by Gasteiger charge is 2.10. The zero-order chi connectivity index (χ0) is 11.5. The number of hydrogen-bond acceptors (Lipinski definition) is 3. The molecule has 0 radical (unpaired) electrons. The van der Waals surface area contributed by atoms with Gasteiger partial charge >= 0.3 is 5.97 Å². The van der Waals surface area contributed by atoms with Crippen LogP contribution in [-0.4, -0.2) is 18.1 Å². The van der Waals surface area contributed by atoms with Crippen molar-refractivity contribution in [1.29, 1.82) is 0 Å². The number of carbonyl (C=O) groups is 1. The Morgan fingerprint density at radius 1 is 1.38 bits per heavy atom. The highest BCUT2D eigenvalue weighted by Crippen LogP contribution is 2.19. The standard InChI is InChI=1S/C13H13NO2/c1-3-9-4-5-12-11(8-9)10(6-7-14-12)13(15)16-2/h4-8H,3H2,1-2H3. The maximum absolute atomic E-state index is 11.6. The lowest BCUT2D eigenvalue weighted by molar-refractivity contribution is 0.0603. The Hall–Kier alpha value is -1.90. The normalized spacial score (nSPS) is 10.4. The van der Waals surface area contributed by atoms with Crippen LogP contribution in [0, 0.1) is 0 Å². The Balaban J connectivity index is 2.68. The summed E-state index contributed by atoms with van der Waals surface area (Å²) in [6.07, 6.45) is 2.56. The Morgan fingerprint density at radius 2 is 2.19 bits per heavy atom. The van der Waals surface area contributed by atoms with Crippen LogP contribution in [0.25, 0.3) is 10.9 Å².